The second-order valence-corrected chi connectivity index (χ2v) is 6.75. The van der Waals surface area contributed by atoms with Crippen molar-refractivity contribution in [3.63, 3.8) is 0 Å². The van der Waals surface area contributed by atoms with Crippen molar-refractivity contribution in [3.8, 4) is 0 Å². The highest BCUT2D eigenvalue weighted by Gasteiger charge is 2.31. The van der Waals surface area contributed by atoms with Crippen LogP contribution >= 0.6 is 0 Å². The van der Waals surface area contributed by atoms with Crippen LogP contribution in [0.4, 0.5) is 24.5 Å². The highest BCUT2D eigenvalue weighted by molar-refractivity contribution is 5.97. The molecule has 28 heavy (non-hydrogen) atoms. The molecule has 4 nitrogen and oxygen atoms in total. The molecule has 0 atom stereocenters. The van der Waals surface area contributed by atoms with Crippen LogP contribution in [0.15, 0.2) is 48.5 Å². The second-order valence-electron chi connectivity index (χ2n) is 6.75. The Hall–Kier alpha value is -2.83. The summed E-state index contributed by atoms with van der Waals surface area (Å²) in [5.41, 5.74) is 1.28. The number of hydrogen-bond donors (Lipinski definition) is 0. The van der Waals surface area contributed by atoms with Crippen LogP contribution in [-0.2, 0) is 22.2 Å². The maximum absolute atomic E-state index is 13.0. The van der Waals surface area contributed by atoms with Crippen molar-refractivity contribution in [3.05, 3.63) is 59.7 Å². The minimum atomic E-state index is -4.49. The molecule has 148 valence electrons. The van der Waals surface area contributed by atoms with Gasteiger partial charge in [0, 0.05) is 37.8 Å². The Morgan fingerprint density at radius 3 is 2.57 bits per heavy atom. The number of carbonyl (C=O) groups excluding carboxylic acids is 2. The highest BCUT2D eigenvalue weighted by atomic mass is 19.4. The van der Waals surface area contributed by atoms with Gasteiger partial charge in [0.05, 0.1) is 5.56 Å². The van der Waals surface area contributed by atoms with Crippen LogP contribution in [0.3, 0.4) is 0 Å². The number of nitrogens with zero attached hydrogens (tertiary/aromatic N) is 2. The number of aryl methyl sites for hydroxylation is 1. The van der Waals surface area contributed by atoms with Gasteiger partial charge in [-0.05, 0) is 42.7 Å². The molecule has 0 N–H and O–H groups in total. The Balaban J connectivity index is 1.75. The molecule has 1 aliphatic rings. The van der Waals surface area contributed by atoms with Gasteiger partial charge >= 0.3 is 6.18 Å². The van der Waals surface area contributed by atoms with Gasteiger partial charge in [-0.25, -0.2) is 0 Å². The summed E-state index contributed by atoms with van der Waals surface area (Å²) in [6.07, 6.45) is -2.70. The van der Waals surface area contributed by atoms with E-state index < -0.39 is 17.6 Å². The van der Waals surface area contributed by atoms with Crippen molar-refractivity contribution >= 4 is 23.2 Å². The first-order chi connectivity index (χ1) is 13.3. The molecule has 1 aliphatic heterocycles. The van der Waals surface area contributed by atoms with Gasteiger partial charge < -0.3 is 9.80 Å². The second kappa shape index (κ2) is 8.04. The molecule has 0 saturated carbocycles. The van der Waals surface area contributed by atoms with Gasteiger partial charge in [-0.3, -0.25) is 9.59 Å². The maximum atomic E-state index is 13.0. The van der Waals surface area contributed by atoms with Gasteiger partial charge in [-0.1, -0.05) is 24.3 Å². The van der Waals surface area contributed by atoms with Crippen molar-refractivity contribution in [1.82, 2.24) is 0 Å². The number of rotatable bonds is 4. The predicted molar refractivity (Wildman–Crippen MR) is 101 cm³/mol. The zero-order valence-electron chi connectivity index (χ0n) is 15.5. The SMILES string of the molecule is CC(=O)N(CCC(=O)N1CCCc2ccccc21)c1cccc(C(F)(F)F)c1. The topological polar surface area (TPSA) is 40.6 Å². The molecule has 0 bridgehead atoms. The molecule has 2 aromatic rings. The molecule has 0 spiro atoms. The average molecular weight is 390 g/mol. The summed E-state index contributed by atoms with van der Waals surface area (Å²) in [6.45, 7) is 1.90. The average Bonchev–Trinajstić information content (AvgIpc) is 2.67. The number of para-hydroxylation sites is 1. The van der Waals surface area contributed by atoms with Crippen LogP contribution in [0.2, 0.25) is 0 Å². The van der Waals surface area contributed by atoms with E-state index in [0.717, 1.165) is 36.2 Å². The Kier molecular flexibility index (Phi) is 5.72. The van der Waals surface area contributed by atoms with Gasteiger partial charge in [0.25, 0.3) is 0 Å². The van der Waals surface area contributed by atoms with E-state index in [0.29, 0.717) is 6.54 Å². The largest absolute Gasteiger partial charge is 0.416 e. The lowest BCUT2D eigenvalue weighted by Crippen LogP contribution is -2.39. The molecule has 0 unspecified atom stereocenters. The van der Waals surface area contributed by atoms with E-state index in [1.54, 1.807) is 4.90 Å². The number of carbonyl (C=O) groups is 2. The van der Waals surface area contributed by atoms with Crippen LogP contribution in [0.1, 0.15) is 30.9 Å². The Labute approximate surface area is 161 Å². The molecule has 2 amide bonds. The summed E-state index contributed by atoms with van der Waals surface area (Å²) in [4.78, 5) is 27.7. The monoisotopic (exact) mass is 390 g/mol. The van der Waals surface area contributed by atoms with Crippen LogP contribution in [0.5, 0.6) is 0 Å². The van der Waals surface area contributed by atoms with Gasteiger partial charge in [0.2, 0.25) is 11.8 Å². The van der Waals surface area contributed by atoms with Crippen molar-refractivity contribution in [2.24, 2.45) is 0 Å². The molecule has 3 rings (SSSR count). The first-order valence-corrected chi connectivity index (χ1v) is 9.11. The van der Waals surface area contributed by atoms with Crippen molar-refractivity contribution in [2.45, 2.75) is 32.4 Å². The summed E-state index contributed by atoms with van der Waals surface area (Å²) in [5.74, 6) is -0.559. The summed E-state index contributed by atoms with van der Waals surface area (Å²) in [6, 6.07) is 12.3. The maximum Gasteiger partial charge on any atom is 0.416 e. The van der Waals surface area contributed by atoms with E-state index in [1.807, 2.05) is 24.3 Å². The third-order valence-electron chi connectivity index (χ3n) is 4.83. The molecule has 0 aromatic heterocycles. The van der Waals surface area contributed by atoms with E-state index in [2.05, 4.69) is 0 Å². The van der Waals surface area contributed by atoms with Crippen LogP contribution < -0.4 is 9.80 Å². The van der Waals surface area contributed by atoms with E-state index in [9.17, 15) is 22.8 Å². The van der Waals surface area contributed by atoms with E-state index in [-0.39, 0.29) is 24.6 Å². The summed E-state index contributed by atoms with van der Waals surface area (Å²) < 4.78 is 38.9. The standard InChI is InChI=1S/C21H21F3N2O2/c1-15(27)25(18-9-4-8-17(14-18)21(22,23)24)13-11-20(28)26-12-5-7-16-6-2-3-10-19(16)26/h2-4,6,8-10,14H,5,7,11-13H2,1H3. The number of benzene rings is 2. The number of amides is 2. The van der Waals surface area contributed by atoms with Crippen molar-refractivity contribution in [1.29, 1.82) is 0 Å². The van der Waals surface area contributed by atoms with Gasteiger partial charge in [0.1, 0.15) is 0 Å². The van der Waals surface area contributed by atoms with Gasteiger partial charge in [0.15, 0.2) is 0 Å². The number of anilines is 2. The third-order valence-corrected chi connectivity index (χ3v) is 4.83. The molecular formula is C21H21F3N2O2. The van der Waals surface area contributed by atoms with Crippen LogP contribution in [0, 0.1) is 0 Å². The molecule has 0 aliphatic carbocycles. The zero-order valence-corrected chi connectivity index (χ0v) is 15.5. The zero-order chi connectivity index (χ0) is 20.3. The van der Waals surface area contributed by atoms with E-state index >= 15 is 0 Å². The minimum Gasteiger partial charge on any atom is -0.312 e. The van der Waals surface area contributed by atoms with E-state index in [1.165, 1.54) is 24.0 Å². The van der Waals surface area contributed by atoms with Crippen molar-refractivity contribution in [2.75, 3.05) is 22.9 Å². The smallest absolute Gasteiger partial charge is 0.312 e. The van der Waals surface area contributed by atoms with E-state index in [4.69, 9.17) is 0 Å². The fourth-order valence-corrected chi connectivity index (χ4v) is 3.45. The van der Waals surface area contributed by atoms with Crippen LogP contribution in [0.25, 0.3) is 0 Å². The molecular weight excluding hydrogens is 369 g/mol. The third kappa shape index (κ3) is 4.35. The molecule has 1 heterocycles. The van der Waals surface area contributed by atoms with Crippen molar-refractivity contribution < 1.29 is 22.8 Å². The lowest BCUT2D eigenvalue weighted by Gasteiger charge is -2.30. The molecule has 2 aromatic carbocycles. The number of hydrogen-bond acceptors (Lipinski definition) is 2. The number of alkyl halides is 3. The van der Waals surface area contributed by atoms with Gasteiger partial charge in [-0.15, -0.1) is 0 Å². The van der Waals surface area contributed by atoms with Gasteiger partial charge in [-0.2, -0.15) is 13.2 Å². The van der Waals surface area contributed by atoms with Crippen LogP contribution in [-0.4, -0.2) is 24.9 Å². The molecule has 7 heteroatoms. The Bertz CT molecular complexity index is 880. The molecule has 0 radical (unpaired) electrons. The Morgan fingerprint density at radius 2 is 1.86 bits per heavy atom. The number of fused-ring (bicyclic) bond motifs is 1. The first kappa shape index (κ1) is 19.9. The predicted octanol–water partition coefficient (Wildman–Crippen LogP) is 4.43. The Morgan fingerprint density at radius 1 is 1.11 bits per heavy atom. The first-order valence-electron chi connectivity index (χ1n) is 9.11. The summed E-state index contributed by atoms with van der Waals surface area (Å²) in [7, 11) is 0. The minimum absolute atomic E-state index is 0.0220. The lowest BCUT2D eigenvalue weighted by atomic mass is 10.0. The molecule has 0 saturated heterocycles. The highest BCUT2D eigenvalue weighted by Crippen LogP contribution is 2.32. The molecule has 0 fully saturated rings. The lowest BCUT2D eigenvalue weighted by molar-refractivity contribution is -0.137. The fourth-order valence-electron chi connectivity index (χ4n) is 3.45. The number of halogens is 3. The fraction of sp³-hybridized carbons (Fsp3) is 0.333. The summed E-state index contributed by atoms with van der Waals surface area (Å²) >= 11 is 0. The summed E-state index contributed by atoms with van der Waals surface area (Å²) in [5, 5.41) is 0. The quantitative estimate of drug-likeness (QED) is 0.775. The normalized spacial score (nSPS) is 13.8.